The Bertz CT molecular complexity index is 359. The largest absolute Gasteiger partial charge is 0.388 e. The molecule has 0 aromatic carbocycles. The number of nitrogens with two attached hydrogens (primary N) is 1. The summed E-state index contributed by atoms with van der Waals surface area (Å²) in [7, 11) is 0. The normalized spacial score (nSPS) is 9.93. The Labute approximate surface area is 94.5 Å². The number of amides is 1. The summed E-state index contributed by atoms with van der Waals surface area (Å²) < 4.78 is 1.89. The molecular formula is C10H15N3OS. The van der Waals surface area contributed by atoms with Gasteiger partial charge in [0.2, 0.25) is 5.91 Å². The Morgan fingerprint density at radius 3 is 3.00 bits per heavy atom. The van der Waals surface area contributed by atoms with E-state index in [4.69, 9.17) is 18.0 Å². The van der Waals surface area contributed by atoms with Gasteiger partial charge in [-0.25, -0.2) is 0 Å². The van der Waals surface area contributed by atoms with E-state index in [9.17, 15) is 4.79 Å². The molecular weight excluding hydrogens is 210 g/mol. The van der Waals surface area contributed by atoms with Gasteiger partial charge in [-0.15, -0.1) is 0 Å². The highest BCUT2D eigenvalue weighted by molar-refractivity contribution is 7.80. The standard InChI is InChI=1S/C10H15N3OS/c1-2-12-9(14)5-7-13-6-3-4-8(13)10(11)15/h3-4,6H,2,5,7H2,1H3,(H2,11,15)(H,12,14). The minimum absolute atomic E-state index is 0.0417. The molecule has 0 unspecified atom stereocenters. The minimum atomic E-state index is 0.0417. The van der Waals surface area contributed by atoms with Gasteiger partial charge in [-0.3, -0.25) is 4.79 Å². The summed E-state index contributed by atoms with van der Waals surface area (Å²) in [5.74, 6) is 0.0417. The van der Waals surface area contributed by atoms with Crippen molar-refractivity contribution in [3.05, 3.63) is 24.0 Å². The number of hydrogen-bond donors (Lipinski definition) is 2. The van der Waals surface area contributed by atoms with E-state index in [0.717, 1.165) is 5.69 Å². The highest BCUT2D eigenvalue weighted by atomic mass is 32.1. The Morgan fingerprint density at radius 1 is 1.67 bits per heavy atom. The summed E-state index contributed by atoms with van der Waals surface area (Å²) in [6.07, 6.45) is 2.31. The maximum atomic E-state index is 11.2. The first-order chi connectivity index (χ1) is 7.15. The van der Waals surface area contributed by atoms with Gasteiger partial charge in [0, 0.05) is 25.7 Å². The van der Waals surface area contributed by atoms with Crippen molar-refractivity contribution in [2.24, 2.45) is 5.73 Å². The van der Waals surface area contributed by atoms with Gasteiger partial charge in [-0.1, -0.05) is 12.2 Å². The SMILES string of the molecule is CCNC(=O)CCn1cccc1C(N)=S. The molecule has 0 aliphatic rings. The molecule has 0 saturated heterocycles. The monoisotopic (exact) mass is 225 g/mol. The summed E-state index contributed by atoms with van der Waals surface area (Å²) in [6.45, 7) is 3.16. The summed E-state index contributed by atoms with van der Waals surface area (Å²) in [5.41, 5.74) is 6.33. The third kappa shape index (κ3) is 3.36. The molecule has 1 aromatic heterocycles. The molecule has 0 fully saturated rings. The van der Waals surface area contributed by atoms with Crippen molar-refractivity contribution in [1.82, 2.24) is 9.88 Å². The number of aromatic nitrogens is 1. The van der Waals surface area contributed by atoms with Gasteiger partial charge in [-0.05, 0) is 19.1 Å². The van der Waals surface area contributed by atoms with E-state index in [1.54, 1.807) is 0 Å². The third-order valence-corrected chi connectivity index (χ3v) is 2.24. The molecule has 1 heterocycles. The van der Waals surface area contributed by atoms with Crippen LogP contribution in [0.1, 0.15) is 19.0 Å². The molecule has 82 valence electrons. The van der Waals surface area contributed by atoms with Crippen molar-refractivity contribution in [3.63, 3.8) is 0 Å². The lowest BCUT2D eigenvalue weighted by molar-refractivity contribution is -0.121. The number of nitrogens with zero attached hydrogens (tertiary/aromatic N) is 1. The fourth-order valence-electron chi connectivity index (χ4n) is 1.34. The lowest BCUT2D eigenvalue weighted by Crippen LogP contribution is -2.24. The predicted octanol–water partition coefficient (Wildman–Crippen LogP) is 0.648. The summed E-state index contributed by atoms with van der Waals surface area (Å²) >= 11 is 4.89. The highest BCUT2D eigenvalue weighted by Gasteiger charge is 2.05. The van der Waals surface area contributed by atoms with Crippen LogP contribution in [0.2, 0.25) is 0 Å². The third-order valence-electron chi connectivity index (χ3n) is 2.04. The van der Waals surface area contributed by atoms with E-state index in [1.165, 1.54) is 0 Å². The average molecular weight is 225 g/mol. The van der Waals surface area contributed by atoms with E-state index < -0.39 is 0 Å². The highest BCUT2D eigenvalue weighted by Crippen LogP contribution is 2.03. The molecule has 0 bridgehead atoms. The first-order valence-corrected chi connectivity index (χ1v) is 5.27. The van der Waals surface area contributed by atoms with Crippen LogP contribution in [-0.2, 0) is 11.3 Å². The molecule has 15 heavy (non-hydrogen) atoms. The fourth-order valence-corrected chi connectivity index (χ4v) is 1.53. The molecule has 1 amide bonds. The van der Waals surface area contributed by atoms with E-state index in [2.05, 4.69) is 5.32 Å². The zero-order chi connectivity index (χ0) is 11.3. The number of carbonyl (C=O) groups is 1. The van der Waals surface area contributed by atoms with Gasteiger partial charge in [0.25, 0.3) is 0 Å². The molecule has 0 radical (unpaired) electrons. The molecule has 4 nitrogen and oxygen atoms in total. The summed E-state index contributed by atoms with van der Waals surface area (Å²) in [5, 5.41) is 2.74. The van der Waals surface area contributed by atoms with Crippen LogP contribution in [0.5, 0.6) is 0 Å². The van der Waals surface area contributed by atoms with Crippen LogP contribution >= 0.6 is 12.2 Å². The fraction of sp³-hybridized carbons (Fsp3) is 0.400. The molecule has 1 aromatic rings. The molecule has 0 spiro atoms. The second kappa shape index (κ2) is 5.50. The van der Waals surface area contributed by atoms with Gasteiger partial charge in [0.05, 0.1) is 5.69 Å². The van der Waals surface area contributed by atoms with E-state index in [1.807, 2.05) is 29.8 Å². The average Bonchev–Trinajstić information content (AvgIpc) is 2.63. The zero-order valence-electron chi connectivity index (χ0n) is 8.69. The first kappa shape index (κ1) is 11.7. The maximum absolute atomic E-state index is 11.2. The summed E-state index contributed by atoms with van der Waals surface area (Å²) in [6, 6.07) is 3.71. The zero-order valence-corrected chi connectivity index (χ0v) is 9.51. The van der Waals surface area contributed by atoms with Crippen LogP contribution in [0.15, 0.2) is 18.3 Å². The van der Waals surface area contributed by atoms with Crippen LogP contribution in [0.4, 0.5) is 0 Å². The number of thiocarbonyl (C=S) groups is 1. The number of nitrogens with one attached hydrogen (secondary N) is 1. The predicted molar refractivity (Wildman–Crippen MR) is 63.6 cm³/mol. The number of rotatable bonds is 5. The van der Waals surface area contributed by atoms with Gasteiger partial charge in [-0.2, -0.15) is 0 Å². The smallest absolute Gasteiger partial charge is 0.221 e. The number of hydrogen-bond acceptors (Lipinski definition) is 2. The molecule has 0 aliphatic heterocycles. The topological polar surface area (TPSA) is 60.0 Å². The Morgan fingerprint density at radius 2 is 2.40 bits per heavy atom. The Balaban J connectivity index is 2.54. The number of aryl methyl sites for hydroxylation is 1. The molecule has 0 aliphatic carbocycles. The van der Waals surface area contributed by atoms with Crippen LogP contribution in [-0.4, -0.2) is 22.0 Å². The van der Waals surface area contributed by atoms with Crippen molar-refractivity contribution >= 4 is 23.1 Å². The van der Waals surface area contributed by atoms with Crippen molar-refractivity contribution in [2.45, 2.75) is 19.9 Å². The minimum Gasteiger partial charge on any atom is -0.388 e. The second-order valence-electron chi connectivity index (χ2n) is 3.15. The van der Waals surface area contributed by atoms with Crippen molar-refractivity contribution in [1.29, 1.82) is 0 Å². The van der Waals surface area contributed by atoms with Crippen molar-refractivity contribution in [3.8, 4) is 0 Å². The lowest BCUT2D eigenvalue weighted by Gasteiger charge is -2.07. The quantitative estimate of drug-likeness (QED) is 0.723. The second-order valence-corrected chi connectivity index (χ2v) is 3.59. The van der Waals surface area contributed by atoms with E-state index in [-0.39, 0.29) is 5.91 Å². The molecule has 0 saturated carbocycles. The van der Waals surface area contributed by atoms with Crippen LogP contribution in [0.3, 0.4) is 0 Å². The summed E-state index contributed by atoms with van der Waals surface area (Å²) in [4.78, 5) is 11.6. The Kier molecular flexibility index (Phi) is 4.30. The van der Waals surface area contributed by atoms with Crippen LogP contribution in [0.25, 0.3) is 0 Å². The van der Waals surface area contributed by atoms with Crippen molar-refractivity contribution in [2.75, 3.05) is 6.54 Å². The first-order valence-electron chi connectivity index (χ1n) is 4.86. The molecule has 5 heteroatoms. The molecule has 3 N–H and O–H groups in total. The van der Waals surface area contributed by atoms with Gasteiger partial charge < -0.3 is 15.6 Å². The van der Waals surface area contributed by atoms with E-state index >= 15 is 0 Å². The molecule has 1 rings (SSSR count). The van der Waals surface area contributed by atoms with Crippen LogP contribution < -0.4 is 11.1 Å². The maximum Gasteiger partial charge on any atom is 0.221 e. The number of carbonyl (C=O) groups excluding carboxylic acids is 1. The Hall–Kier alpha value is -1.36. The van der Waals surface area contributed by atoms with E-state index in [0.29, 0.717) is 24.5 Å². The lowest BCUT2D eigenvalue weighted by atomic mass is 10.3. The van der Waals surface area contributed by atoms with Crippen molar-refractivity contribution < 1.29 is 4.79 Å². The van der Waals surface area contributed by atoms with Gasteiger partial charge in [0.15, 0.2) is 0 Å². The molecule has 0 atom stereocenters. The van der Waals surface area contributed by atoms with Crippen LogP contribution in [0, 0.1) is 0 Å². The van der Waals surface area contributed by atoms with Gasteiger partial charge >= 0.3 is 0 Å². The van der Waals surface area contributed by atoms with Gasteiger partial charge in [0.1, 0.15) is 4.99 Å².